The second-order valence-electron chi connectivity index (χ2n) is 3.97. The van der Waals surface area contributed by atoms with E-state index in [2.05, 4.69) is 5.32 Å². The third-order valence-electron chi connectivity index (χ3n) is 2.98. The normalized spacial score (nSPS) is 14.5. The predicted octanol–water partition coefficient (Wildman–Crippen LogP) is 1.90. The summed E-state index contributed by atoms with van der Waals surface area (Å²) in [6.45, 7) is 2.79. The van der Waals surface area contributed by atoms with Gasteiger partial charge in [-0.25, -0.2) is 0 Å². The van der Waals surface area contributed by atoms with E-state index in [0.29, 0.717) is 12.8 Å². The van der Waals surface area contributed by atoms with Crippen molar-refractivity contribution in [3.63, 3.8) is 0 Å². The minimum Gasteiger partial charge on any atom is -0.497 e. The first-order valence-electron chi connectivity index (χ1n) is 5.68. The highest BCUT2D eigenvalue weighted by molar-refractivity contribution is 5.32. The van der Waals surface area contributed by atoms with Crippen LogP contribution < -0.4 is 10.1 Å². The first-order valence-corrected chi connectivity index (χ1v) is 5.68. The Hall–Kier alpha value is -1.06. The molecule has 2 N–H and O–H groups in total. The Bertz CT molecular complexity index is 327. The van der Waals surface area contributed by atoms with Crippen LogP contribution in [0.2, 0.25) is 0 Å². The first-order chi connectivity index (χ1) is 7.66. The molecule has 90 valence electrons. The molecule has 0 aliphatic carbocycles. The molecule has 0 fully saturated rings. The van der Waals surface area contributed by atoms with Crippen LogP contribution in [0.5, 0.6) is 5.75 Å². The van der Waals surface area contributed by atoms with E-state index < -0.39 is 5.60 Å². The molecule has 0 spiro atoms. The summed E-state index contributed by atoms with van der Waals surface area (Å²) in [5, 5.41) is 13.6. The summed E-state index contributed by atoms with van der Waals surface area (Å²) in [6.07, 6.45) is 1.40. The molecule has 3 heteroatoms. The zero-order chi connectivity index (χ0) is 12.0. The number of ether oxygens (including phenoxy) is 1. The van der Waals surface area contributed by atoms with Gasteiger partial charge in [-0.2, -0.15) is 0 Å². The van der Waals surface area contributed by atoms with Crippen LogP contribution in [0.3, 0.4) is 0 Å². The minimum atomic E-state index is -0.766. The van der Waals surface area contributed by atoms with E-state index in [-0.39, 0.29) is 0 Å². The van der Waals surface area contributed by atoms with Crippen LogP contribution in [-0.2, 0) is 5.60 Å². The van der Waals surface area contributed by atoms with Crippen LogP contribution in [0.15, 0.2) is 24.3 Å². The number of methoxy groups -OCH3 is 1. The second kappa shape index (κ2) is 5.87. The maximum absolute atomic E-state index is 10.5. The SMILES string of the molecule is CCC(O)(CCNC)c1cccc(OC)c1. The topological polar surface area (TPSA) is 41.5 Å². The fraction of sp³-hybridized carbons (Fsp3) is 0.538. The Morgan fingerprint density at radius 1 is 1.44 bits per heavy atom. The van der Waals surface area contributed by atoms with Gasteiger partial charge in [-0.15, -0.1) is 0 Å². The maximum atomic E-state index is 10.5. The Balaban J connectivity index is 2.92. The molecular formula is C13H21NO2. The van der Waals surface area contributed by atoms with Gasteiger partial charge in [-0.3, -0.25) is 0 Å². The van der Waals surface area contributed by atoms with E-state index in [1.54, 1.807) is 7.11 Å². The lowest BCUT2D eigenvalue weighted by atomic mass is 9.88. The molecule has 0 heterocycles. The molecule has 3 nitrogen and oxygen atoms in total. The minimum absolute atomic E-state index is 0.696. The van der Waals surface area contributed by atoms with Crippen molar-refractivity contribution < 1.29 is 9.84 Å². The average Bonchev–Trinajstić information content (AvgIpc) is 2.36. The van der Waals surface area contributed by atoms with Gasteiger partial charge in [-0.1, -0.05) is 19.1 Å². The van der Waals surface area contributed by atoms with E-state index in [9.17, 15) is 5.11 Å². The Morgan fingerprint density at radius 3 is 2.75 bits per heavy atom. The van der Waals surface area contributed by atoms with Gasteiger partial charge in [0.25, 0.3) is 0 Å². The molecular weight excluding hydrogens is 202 g/mol. The van der Waals surface area contributed by atoms with Crippen molar-refractivity contribution in [3.05, 3.63) is 29.8 Å². The van der Waals surface area contributed by atoms with Gasteiger partial charge in [0.15, 0.2) is 0 Å². The lowest BCUT2D eigenvalue weighted by Crippen LogP contribution is -2.29. The third-order valence-corrected chi connectivity index (χ3v) is 2.98. The monoisotopic (exact) mass is 223 g/mol. The van der Waals surface area contributed by atoms with Crippen molar-refractivity contribution in [2.75, 3.05) is 20.7 Å². The molecule has 1 aromatic rings. The zero-order valence-electron chi connectivity index (χ0n) is 10.3. The number of benzene rings is 1. The molecule has 0 aliphatic heterocycles. The summed E-state index contributed by atoms with van der Waals surface area (Å²) in [7, 11) is 3.53. The summed E-state index contributed by atoms with van der Waals surface area (Å²) in [4.78, 5) is 0. The van der Waals surface area contributed by atoms with Gasteiger partial charge in [0.05, 0.1) is 12.7 Å². The average molecular weight is 223 g/mol. The largest absolute Gasteiger partial charge is 0.497 e. The predicted molar refractivity (Wildman–Crippen MR) is 65.7 cm³/mol. The highest BCUT2D eigenvalue weighted by Crippen LogP contribution is 2.30. The quantitative estimate of drug-likeness (QED) is 0.774. The summed E-state index contributed by atoms with van der Waals surface area (Å²) >= 11 is 0. The standard InChI is InChI=1S/C13H21NO2/c1-4-13(15,8-9-14-2)11-6-5-7-12(10-11)16-3/h5-7,10,14-15H,4,8-9H2,1-3H3. The first kappa shape index (κ1) is 13.0. The molecule has 1 atom stereocenters. The highest BCUT2D eigenvalue weighted by Gasteiger charge is 2.26. The number of nitrogens with one attached hydrogen (secondary N) is 1. The van der Waals surface area contributed by atoms with E-state index in [1.807, 2.05) is 38.2 Å². The van der Waals surface area contributed by atoms with Gasteiger partial charge < -0.3 is 15.2 Å². The second-order valence-corrected chi connectivity index (χ2v) is 3.97. The molecule has 0 aliphatic rings. The van der Waals surface area contributed by atoms with Gasteiger partial charge >= 0.3 is 0 Å². The smallest absolute Gasteiger partial charge is 0.119 e. The number of hydrogen-bond donors (Lipinski definition) is 2. The number of aliphatic hydroxyl groups is 1. The van der Waals surface area contributed by atoms with Gasteiger partial charge in [0.1, 0.15) is 5.75 Å². The van der Waals surface area contributed by atoms with Crippen molar-refractivity contribution in [3.8, 4) is 5.75 Å². The summed E-state index contributed by atoms with van der Waals surface area (Å²) in [5.41, 5.74) is 0.155. The van der Waals surface area contributed by atoms with Crippen LogP contribution in [0.1, 0.15) is 25.3 Å². The van der Waals surface area contributed by atoms with Crippen molar-refractivity contribution in [1.82, 2.24) is 5.32 Å². The zero-order valence-corrected chi connectivity index (χ0v) is 10.3. The molecule has 0 radical (unpaired) electrons. The Kier molecular flexibility index (Phi) is 4.77. The third kappa shape index (κ3) is 2.97. The number of hydrogen-bond acceptors (Lipinski definition) is 3. The van der Waals surface area contributed by atoms with E-state index >= 15 is 0 Å². The Morgan fingerprint density at radius 2 is 2.19 bits per heavy atom. The van der Waals surface area contributed by atoms with Crippen LogP contribution >= 0.6 is 0 Å². The Labute approximate surface area is 97.4 Å². The highest BCUT2D eigenvalue weighted by atomic mass is 16.5. The number of rotatable bonds is 6. The van der Waals surface area contributed by atoms with Crippen molar-refractivity contribution in [1.29, 1.82) is 0 Å². The fourth-order valence-electron chi connectivity index (χ4n) is 1.77. The summed E-state index contributed by atoms with van der Waals surface area (Å²) in [5.74, 6) is 0.786. The van der Waals surface area contributed by atoms with Crippen molar-refractivity contribution >= 4 is 0 Å². The van der Waals surface area contributed by atoms with Gasteiger partial charge in [0, 0.05) is 0 Å². The summed E-state index contributed by atoms with van der Waals surface area (Å²) < 4.78 is 5.17. The lowest BCUT2D eigenvalue weighted by Gasteiger charge is -2.27. The van der Waals surface area contributed by atoms with Crippen LogP contribution in [0, 0.1) is 0 Å². The molecule has 1 aromatic carbocycles. The molecule has 0 saturated heterocycles. The van der Waals surface area contributed by atoms with Crippen LogP contribution in [0.25, 0.3) is 0 Å². The molecule has 1 rings (SSSR count). The molecule has 0 bridgehead atoms. The summed E-state index contributed by atoms with van der Waals surface area (Å²) in [6, 6.07) is 7.65. The van der Waals surface area contributed by atoms with Crippen LogP contribution in [-0.4, -0.2) is 25.8 Å². The van der Waals surface area contributed by atoms with Gasteiger partial charge in [-0.05, 0) is 44.1 Å². The molecule has 0 amide bonds. The molecule has 0 saturated carbocycles. The molecule has 16 heavy (non-hydrogen) atoms. The van der Waals surface area contributed by atoms with Crippen molar-refractivity contribution in [2.45, 2.75) is 25.4 Å². The molecule has 0 aromatic heterocycles. The molecule has 1 unspecified atom stereocenters. The van der Waals surface area contributed by atoms with E-state index in [1.165, 1.54) is 0 Å². The van der Waals surface area contributed by atoms with Gasteiger partial charge in [0.2, 0.25) is 0 Å². The van der Waals surface area contributed by atoms with Crippen molar-refractivity contribution in [2.24, 2.45) is 0 Å². The fourth-order valence-corrected chi connectivity index (χ4v) is 1.77. The van der Waals surface area contributed by atoms with E-state index in [4.69, 9.17) is 4.74 Å². The lowest BCUT2D eigenvalue weighted by molar-refractivity contribution is 0.0240. The van der Waals surface area contributed by atoms with E-state index in [0.717, 1.165) is 17.9 Å². The van der Waals surface area contributed by atoms with Crippen LogP contribution in [0.4, 0.5) is 0 Å². The maximum Gasteiger partial charge on any atom is 0.119 e.